The van der Waals surface area contributed by atoms with Crippen LogP contribution in [0.2, 0.25) is 5.15 Å². The van der Waals surface area contributed by atoms with Gasteiger partial charge in [0.15, 0.2) is 0 Å². The van der Waals surface area contributed by atoms with Gasteiger partial charge in [0, 0.05) is 18.2 Å². The van der Waals surface area contributed by atoms with Crippen LogP contribution < -0.4 is 5.32 Å². The number of aromatic nitrogens is 4. The summed E-state index contributed by atoms with van der Waals surface area (Å²) in [6.45, 7) is 5.07. The molecule has 2 aromatic rings. The fourth-order valence-electron chi connectivity index (χ4n) is 1.37. The molecule has 6 nitrogen and oxygen atoms in total. The van der Waals surface area contributed by atoms with Crippen LogP contribution in [0.4, 0.5) is 5.82 Å². The van der Waals surface area contributed by atoms with Crippen molar-refractivity contribution in [1.29, 1.82) is 0 Å². The van der Waals surface area contributed by atoms with E-state index in [1.165, 1.54) is 6.33 Å². The fraction of sp³-hybridized carbons (Fsp3) is 0.545. The summed E-state index contributed by atoms with van der Waals surface area (Å²) < 4.78 is 1.64. The Morgan fingerprint density at radius 3 is 2.83 bits per heavy atom. The van der Waals surface area contributed by atoms with Gasteiger partial charge in [0.2, 0.25) is 0 Å². The molecule has 0 aromatic carbocycles. The summed E-state index contributed by atoms with van der Waals surface area (Å²) in [7, 11) is 4.10. The Hall–Kier alpha value is -1.40. The highest BCUT2D eigenvalue weighted by atomic mass is 35.5. The minimum Gasteiger partial charge on any atom is -0.368 e. The first-order valence-corrected chi connectivity index (χ1v) is 6.05. The molecule has 0 amide bonds. The van der Waals surface area contributed by atoms with E-state index in [9.17, 15) is 0 Å². The third-order valence-electron chi connectivity index (χ3n) is 3.13. The first kappa shape index (κ1) is 13.0. The molecule has 0 aliphatic carbocycles. The van der Waals surface area contributed by atoms with Crippen LogP contribution in [0, 0.1) is 0 Å². The van der Waals surface area contributed by atoms with Crippen molar-refractivity contribution in [3.63, 3.8) is 0 Å². The Kier molecular flexibility index (Phi) is 3.41. The van der Waals surface area contributed by atoms with Crippen molar-refractivity contribution in [2.45, 2.75) is 19.4 Å². The number of rotatable bonds is 4. The summed E-state index contributed by atoms with van der Waals surface area (Å²) in [6, 6.07) is 1.75. The number of halogens is 1. The number of likely N-dealkylation sites (N-methyl/N-ethyl adjacent to an activating group) is 1. The van der Waals surface area contributed by atoms with Gasteiger partial charge in [-0.3, -0.25) is 0 Å². The van der Waals surface area contributed by atoms with E-state index < -0.39 is 0 Å². The predicted molar refractivity (Wildman–Crippen MR) is 72.0 cm³/mol. The van der Waals surface area contributed by atoms with Gasteiger partial charge in [-0.2, -0.15) is 19.6 Å². The zero-order chi connectivity index (χ0) is 13.3. The zero-order valence-corrected chi connectivity index (χ0v) is 11.7. The van der Waals surface area contributed by atoms with Crippen molar-refractivity contribution in [2.24, 2.45) is 0 Å². The summed E-state index contributed by atoms with van der Waals surface area (Å²) >= 11 is 5.95. The Morgan fingerprint density at radius 2 is 2.17 bits per heavy atom. The van der Waals surface area contributed by atoms with Gasteiger partial charge in [-0.05, 0) is 27.9 Å². The molecule has 1 N–H and O–H groups in total. The molecule has 2 rings (SSSR count). The zero-order valence-electron chi connectivity index (χ0n) is 11.0. The second-order valence-electron chi connectivity index (χ2n) is 5.00. The molecule has 2 aromatic heterocycles. The quantitative estimate of drug-likeness (QED) is 0.853. The van der Waals surface area contributed by atoms with Crippen LogP contribution in [-0.2, 0) is 0 Å². The van der Waals surface area contributed by atoms with Gasteiger partial charge >= 0.3 is 0 Å². The molecule has 0 radical (unpaired) electrons. The van der Waals surface area contributed by atoms with Gasteiger partial charge in [0.25, 0.3) is 5.78 Å². The smallest absolute Gasteiger partial charge is 0.255 e. The van der Waals surface area contributed by atoms with Crippen LogP contribution in [0.25, 0.3) is 5.78 Å². The highest BCUT2D eigenvalue weighted by Crippen LogP contribution is 2.17. The summed E-state index contributed by atoms with van der Waals surface area (Å²) in [6.07, 6.45) is 1.46. The van der Waals surface area contributed by atoms with Crippen LogP contribution >= 0.6 is 11.6 Å². The third-order valence-corrected chi connectivity index (χ3v) is 3.33. The lowest BCUT2D eigenvalue weighted by molar-refractivity contribution is 0.210. The summed E-state index contributed by atoms with van der Waals surface area (Å²) in [5, 5.41) is 7.85. The van der Waals surface area contributed by atoms with Gasteiger partial charge < -0.3 is 10.2 Å². The first-order chi connectivity index (χ1) is 8.40. The normalized spacial score (nSPS) is 12.3. The Labute approximate surface area is 111 Å². The van der Waals surface area contributed by atoms with Crippen LogP contribution in [0.1, 0.15) is 13.8 Å². The highest BCUT2D eigenvalue weighted by molar-refractivity contribution is 6.29. The maximum absolute atomic E-state index is 5.95. The molecule has 98 valence electrons. The monoisotopic (exact) mass is 268 g/mol. The lowest BCUT2D eigenvalue weighted by Gasteiger charge is -2.32. The highest BCUT2D eigenvalue weighted by Gasteiger charge is 2.20. The first-order valence-electron chi connectivity index (χ1n) is 5.68. The van der Waals surface area contributed by atoms with Gasteiger partial charge in [0.1, 0.15) is 17.3 Å². The Balaban J connectivity index is 2.24. The molecule has 7 heteroatoms. The predicted octanol–water partition coefficient (Wildman–Crippen LogP) is 1.53. The van der Waals surface area contributed by atoms with E-state index in [4.69, 9.17) is 11.6 Å². The van der Waals surface area contributed by atoms with E-state index in [0.717, 1.165) is 12.4 Å². The molecule has 18 heavy (non-hydrogen) atoms. The SMILES string of the molecule is CN(C)C(C)(C)CNc1cc(Cl)nc2ncnn12. The van der Waals surface area contributed by atoms with Crippen molar-refractivity contribution in [3.05, 3.63) is 17.5 Å². The number of hydrogen-bond donors (Lipinski definition) is 1. The Bertz CT molecular complexity index is 547. The van der Waals surface area contributed by atoms with E-state index in [-0.39, 0.29) is 5.54 Å². The van der Waals surface area contributed by atoms with Crippen molar-refractivity contribution in [3.8, 4) is 0 Å². The van der Waals surface area contributed by atoms with Gasteiger partial charge in [-0.25, -0.2) is 0 Å². The molecule has 2 heterocycles. The summed E-state index contributed by atoms with van der Waals surface area (Å²) in [4.78, 5) is 10.3. The maximum atomic E-state index is 5.95. The number of nitrogens with one attached hydrogen (secondary N) is 1. The molecular formula is C11H17ClN6. The molecule has 0 unspecified atom stereocenters. The summed E-state index contributed by atoms with van der Waals surface area (Å²) in [5.41, 5.74) is 0.0165. The molecular weight excluding hydrogens is 252 g/mol. The number of hydrogen-bond acceptors (Lipinski definition) is 5. The van der Waals surface area contributed by atoms with Crippen LogP contribution in [0.15, 0.2) is 12.4 Å². The van der Waals surface area contributed by atoms with Gasteiger partial charge in [0.05, 0.1) is 0 Å². The van der Waals surface area contributed by atoms with E-state index in [0.29, 0.717) is 10.9 Å². The molecule has 0 atom stereocenters. The fourth-order valence-corrected chi connectivity index (χ4v) is 1.55. The maximum Gasteiger partial charge on any atom is 0.255 e. The van der Waals surface area contributed by atoms with E-state index in [2.05, 4.69) is 39.1 Å². The largest absolute Gasteiger partial charge is 0.368 e. The minimum atomic E-state index is 0.0165. The second-order valence-corrected chi connectivity index (χ2v) is 5.38. The van der Waals surface area contributed by atoms with Crippen LogP contribution in [0.3, 0.4) is 0 Å². The lowest BCUT2D eigenvalue weighted by Crippen LogP contribution is -2.44. The van der Waals surface area contributed by atoms with Crippen LogP contribution in [0.5, 0.6) is 0 Å². The third kappa shape index (κ3) is 2.54. The topological polar surface area (TPSA) is 58.3 Å². The van der Waals surface area contributed by atoms with Crippen LogP contribution in [-0.4, -0.2) is 50.7 Å². The Morgan fingerprint density at radius 1 is 1.44 bits per heavy atom. The van der Waals surface area contributed by atoms with E-state index >= 15 is 0 Å². The van der Waals surface area contributed by atoms with Gasteiger partial charge in [-0.1, -0.05) is 11.6 Å². The van der Waals surface area contributed by atoms with Gasteiger partial charge in [-0.15, -0.1) is 0 Å². The van der Waals surface area contributed by atoms with Crippen molar-refractivity contribution < 1.29 is 0 Å². The van der Waals surface area contributed by atoms with Crippen molar-refractivity contribution in [1.82, 2.24) is 24.5 Å². The molecule has 0 bridgehead atoms. The molecule has 0 saturated carbocycles. The molecule has 0 aliphatic rings. The van der Waals surface area contributed by atoms with E-state index in [1.54, 1.807) is 10.6 Å². The van der Waals surface area contributed by atoms with E-state index in [1.807, 2.05) is 14.1 Å². The summed E-state index contributed by atoms with van der Waals surface area (Å²) in [5.74, 6) is 1.28. The molecule has 0 aliphatic heterocycles. The number of nitrogens with zero attached hydrogens (tertiary/aromatic N) is 5. The van der Waals surface area contributed by atoms with Crippen molar-refractivity contribution in [2.75, 3.05) is 26.0 Å². The average Bonchev–Trinajstić information content (AvgIpc) is 2.73. The molecule has 0 spiro atoms. The minimum absolute atomic E-state index is 0.0165. The molecule has 0 fully saturated rings. The number of fused-ring (bicyclic) bond motifs is 1. The standard InChI is InChI=1S/C11H17ClN6/c1-11(2,17(3)4)6-13-9-5-8(12)16-10-14-7-15-18(9)10/h5,7,13H,6H2,1-4H3. The lowest BCUT2D eigenvalue weighted by atomic mass is 10.0. The number of anilines is 1. The molecule has 0 saturated heterocycles. The average molecular weight is 269 g/mol. The second kappa shape index (κ2) is 4.70. The van der Waals surface area contributed by atoms with Crippen molar-refractivity contribution >= 4 is 23.2 Å².